The molecule has 2 heteroatoms. The molecule has 0 spiro atoms. The van der Waals surface area contributed by atoms with Crippen molar-refractivity contribution in [2.75, 3.05) is 0 Å². The van der Waals surface area contributed by atoms with E-state index in [2.05, 4.69) is 26.0 Å². The first-order chi connectivity index (χ1) is 9.52. The van der Waals surface area contributed by atoms with Gasteiger partial charge in [0.25, 0.3) is 0 Å². The van der Waals surface area contributed by atoms with Crippen molar-refractivity contribution in [2.45, 2.75) is 95.7 Å². The van der Waals surface area contributed by atoms with E-state index in [-0.39, 0.29) is 0 Å². The van der Waals surface area contributed by atoms with Gasteiger partial charge in [0.15, 0.2) is 0 Å². The Labute approximate surface area is 137 Å². The highest BCUT2D eigenvalue weighted by Gasteiger charge is 2.26. The third-order valence-corrected chi connectivity index (χ3v) is 4.42. The van der Waals surface area contributed by atoms with E-state index in [1.54, 1.807) is 0 Å². The second kappa shape index (κ2) is 13.0. The Morgan fingerprint density at radius 3 is 2.00 bits per heavy atom. The molecule has 0 fully saturated rings. The zero-order valence-corrected chi connectivity index (χ0v) is 15.3. The molecular formula is C18H34Cl2. The van der Waals surface area contributed by atoms with Crippen LogP contribution < -0.4 is 0 Å². The number of allylic oxidation sites excluding steroid dienone is 2. The van der Waals surface area contributed by atoms with Gasteiger partial charge in [-0.15, -0.1) is 23.2 Å². The Morgan fingerprint density at radius 2 is 1.40 bits per heavy atom. The van der Waals surface area contributed by atoms with E-state index in [1.165, 1.54) is 57.8 Å². The quantitative estimate of drug-likeness (QED) is 0.185. The van der Waals surface area contributed by atoms with E-state index in [0.29, 0.717) is 5.92 Å². The fourth-order valence-corrected chi connectivity index (χ4v) is 2.80. The van der Waals surface area contributed by atoms with Gasteiger partial charge in [0.05, 0.1) is 0 Å². The maximum absolute atomic E-state index is 6.32. The van der Waals surface area contributed by atoms with Crippen molar-refractivity contribution in [3.05, 3.63) is 12.2 Å². The van der Waals surface area contributed by atoms with Crippen LogP contribution in [0.1, 0.15) is 91.4 Å². The lowest BCUT2D eigenvalue weighted by molar-refractivity contribution is 0.491. The van der Waals surface area contributed by atoms with Crippen LogP contribution in [0, 0.1) is 5.92 Å². The largest absolute Gasteiger partial charge is 0.121 e. The van der Waals surface area contributed by atoms with Gasteiger partial charge in [-0.1, -0.05) is 77.4 Å². The van der Waals surface area contributed by atoms with Crippen LogP contribution in [-0.4, -0.2) is 4.33 Å². The second-order valence-electron chi connectivity index (χ2n) is 6.04. The molecule has 0 heterocycles. The van der Waals surface area contributed by atoms with Gasteiger partial charge < -0.3 is 0 Å². The summed E-state index contributed by atoms with van der Waals surface area (Å²) in [5, 5.41) is 0. The highest BCUT2D eigenvalue weighted by molar-refractivity contribution is 6.48. The molecule has 0 saturated heterocycles. The normalized spacial score (nSPS) is 14.1. The molecule has 0 aromatic carbocycles. The van der Waals surface area contributed by atoms with E-state index in [9.17, 15) is 0 Å². The minimum absolute atomic E-state index is 0.290. The molecule has 20 heavy (non-hydrogen) atoms. The van der Waals surface area contributed by atoms with Gasteiger partial charge in [0.2, 0.25) is 0 Å². The van der Waals surface area contributed by atoms with Crippen LogP contribution >= 0.6 is 23.2 Å². The maximum Gasteiger partial charge on any atom is 0.121 e. The SMILES string of the molecule is CCCCCC=CC(CCCCCCCC)C(C)(Cl)Cl. The third kappa shape index (κ3) is 12.1. The zero-order chi connectivity index (χ0) is 15.3. The molecule has 0 saturated carbocycles. The standard InChI is InChI=1S/C18H34Cl2/c1-4-6-8-10-12-14-16-17(18(3,19)20)15-13-11-9-7-5-2/h13,15,17H,4-12,14,16H2,1-3H3. The number of hydrogen-bond acceptors (Lipinski definition) is 0. The van der Waals surface area contributed by atoms with E-state index >= 15 is 0 Å². The van der Waals surface area contributed by atoms with Crippen molar-refractivity contribution < 1.29 is 0 Å². The first kappa shape index (κ1) is 20.3. The summed E-state index contributed by atoms with van der Waals surface area (Å²) < 4.78 is -0.634. The minimum atomic E-state index is -0.634. The smallest absolute Gasteiger partial charge is 0.101 e. The molecule has 0 aliphatic carbocycles. The summed E-state index contributed by atoms with van der Waals surface area (Å²) in [6, 6.07) is 0. The number of alkyl halides is 2. The topological polar surface area (TPSA) is 0 Å². The first-order valence-corrected chi connectivity index (χ1v) is 9.32. The number of hydrogen-bond donors (Lipinski definition) is 0. The highest BCUT2D eigenvalue weighted by Crippen LogP contribution is 2.34. The molecule has 0 nitrogen and oxygen atoms in total. The summed E-state index contributed by atoms with van der Waals surface area (Å²) in [5.41, 5.74) is 0. The Morgan fingerprint density at radius 1 is 0.850 bits per heavy atom. The summed E-state index contributed by atoms with van der Waals surface area (Å²) >= 11 is 12.6. The van der Waals surface area contributed by atoms with Crippen molar-refractivity contribution in [1.82, 2.24) is 0 Å². The van der Waals surface area contributed by atoms with Crippen LogP contribution in [-0.2, 0) is 0 Å². The highest BCUT2D eigenvalue weighted by atomic mass is 35.5. The molecule has 0 radical (unpaired) electrons. The zero-order valence-electron chi connectivity index (χ0n) is 13.8. The Kier molecular flexibility index (Phi) is 13.2. The lowest BCUT2D eigenvalue weighted by Gasteiger charge is -2.23. The monoisotopic (exact) mass is 320 g/mol. The van der Waals surface area contributed by atoms with Crippen LogP contribution in [0.5, 0.6) is 0 Å². The van der Waals surface area contributed by atoms with Gasteiger partial charge >= 0.3 is 0 Å². The molecular weight excluding hydrogens is 287 g/mol. The molecule has 0 bridgehead atoms. The third-order valence-electron chi connectivity index (χ3n) is 3.86. The van der Waals surface area contributed by atoms with Gasteiger partial charge in [0.1, 0.15) is 4.33 Å². The average molecular weight is 321 g/mol. The summed E-state index contributed by atoms with van der Waals surface area (Å²) in [6.07, 6.45) is 18.6. The average Bonchev–Trinajstić information content (AvgIpc) is 2.38. The van der Waals surface area contributed by atoms with E-state index in [0.717, 1.165) is 12.8 Å². The summed E-state index contributed by atoms with van der Waals surface area (Å²) in [5.74, 6) is 0.290. The first-order valence-electron chi connectivity index (χ1n) is 8.56. The predicted molar refractivity (Wildman–Crippen MR) is 94.9 cm³/mol. The van der Waals surface area contributed by atoms with Crippen LogP contribution in [0.2, 0.25) is 0 Å². The van der Waals surface area contributed by atoms with Crippen LogP contribution in [0.3, 0.4) is 0 Å². The molecule has 0 aliphatic heterocycles. The maximum atomic E-state index is 6.32. The van der Waals surface area contributed by atoms with Crippen molar-refractivity contribution >= 4 is 23.2 Å². The lowest BCUT2D eigenvalue weighted by atomic mass is 9.96. The molecule has 0 N–H and O–H groups in total. The molecule has 120 valence electrons. The van der Waals surface area contributed by atoms with Crippen LogP contribution in [0.15, 0.2) is 12.2 Å². The molecule has 1 atom stereocenters. The fourth-order valence-electron chi connectivity index (χ4n) is 2.44. The van der Waals surface area contributed by atoms with Gasteiger partial charge in [-0.05, 0) is 26.2 Å². The lowest BCUT2D eigenvalue weighted by Crippen LogP contribution is -2.19. The number of halogens is 2. The van der Waals surface area contributed by atoms with Crippen LogP contribution in [0.25, 0.3) is 0 Å². The van der Waals surface area contributed by atoms with Gasteiger partial charge in [-0.2, -0.15) is 0 Å². The van der Waals surface area contributed by atoms with Crippen molar-refractivity contribution in [3.63, 3.8) is 0 Å². The fraction of sp³-hybridized carbons (Fsp3) is 0.889. The summed E-state index contributed by atoms with van der Waals surface area (Å²) in [7, 11) is 0. The molecule has 0 amide bonds. The van der Waals surface area contributed by atoms with Gasteiger partial charge in [0, 0.05) is 5.92 Å². The number of unbranched alkanes of at least 4 members (excludes halogenated alkanes) is 8. The second-order valence-corrected chi connectivity index (χ2v) is 7.81. The minimum Gasteiger partial charge on any atom is -0.101 e. The Bertz CT molecular complexity index is 228. The summed E-state index contributed by atoms with van der Waals surface area (Å²) in [6.45, 7) is 6.42. The molecule has 0 aromatic heterocycles. The molecule has 0 aromatic rings. The van der Waals surface area contributed by atoms with Crippen molar-refractivity contribution in [3.8, 4) is 0 Å². The molecule has 1 unspecified atom stereocenters. The van der Waals surface area contributed by atoms with E-state index < -0.39 is 4.33 Å². The molecule has 0 aliphatic rings. The van der Waals surface area contributed by atoms with Crippen molar-refractivity contribution in [1.29, 1.82) is 0 Å². The number of rotatable bonds is 13. The summed E-state index contributed by atoms with van der Waals surface area (Å²) in [4.78, 5) is 0. The van der Waals surface area contributed by atoms with Crippen LogP contribution in [0.4, 0.5) is 0 Å². The van der Waals surface area contributed by atoms with E-state index in [1.807, 2.05) is 6.92 Å². The Hall–Kier alpha value is 0.320. The van der Waals surface area contributed by atoms with Crippen molar-refractivity contribution in [2.24, 2.45) is 5.92 Å². The van der Waals surface area contributed by atoms with Gasteiger partial charge in [-0.3, -0.25) is 0 Å². The predicted octanol–water partition coefficient (Wildman–Crippen LogP) is 7.68. The van der Waals surface area contributed by atoms with Gasteiger partial charge in [-0.25, -0.2) is 0 Å². The molecule has 0 rings (SSSR count). The Balaban J connectivity index is 3.92. The van der Waals surface area contributed by atoms with E-state index in [4.69, 9.17) is 23.2 Å².